The summed E-state index contributed by atoms with van der Waals surface area (Å²) in [5.41, 5.74) is 0. The fourth-order valence-electron chi connectivity index (χ4n) is 2.09. The van der Waals surface area contributed by atoms with Crippen LogP contribution in [0.4, 0.5) is 0 Å². The maximum Gasteiger partial charge on any atom is 0.0267 e. The summed E-state index contributed by atoms with van der Waals surface area (Å²) in [7, 11) is 13.1. The Balaban J connectivity index is 0.000000178. The van der Waals surface area contributed by atoms with Crippen molar-refractivity contribution in [3.8, 4) is 0 Å². The molecule has 0 aliphatic rings. The number of rotatable bonds is 2. The maximum absolute atomic E-state index is 6.56. The van der Waals surface area contributed by atoms with E-state index in [1.807, 2.05) is 97.1 Å². The Labute approximate surface area is 172 Å². The minimum absolute atomic E-state index is 1.10. The largest absolute Gasteiger partial charge is 0.265 e. The minimum Gasteiger partial charge on any atom is -0.265 e. The molecule has 27 heavy (non-hydrogen) atoms. The third-order valence-corrected chi connectivity index (χ3v) is 15.3. The van der Waals surface area contributed by atoms with Gasteiger partial charge in [-0.25, -0.2) is 0 Å². The van der Waals surface area contributed by atoms with E-state index in [-0.39, 0.29) is 0 Å². The number of nitrogens with zero attached hydrogens (tertiary/aromatic N) is 2. The van der Waals surface area contributed by atoms with Gasteiger partial charge in [0.1, 0.15) is 0 Å². The van der Waals surface area contributed by atoms with Gasteiger partial charge in [-0.15, -0.1) is 0 Å². The molecule has 0 saturated carbocycles. The Hall–Kier alpha value is -1.88. The minimum atomic E-state index is -3.30. The summed E-state index contributed by atoms with van der Waals surface area (Å²) < 4.78 is 2.20. The second kappa shape index (κ2) is 12.5. The van der Waals surface area contributed by atoms with Gasteiger partial charge in [0.2, 0.25) is 0 Å². The van der Waals surface area contributed by atoms with E-state index >= 15 is 0 Å². The van der Waals surface area contributed by atoms with E-state index < -0.39 is 16.1 Å². The molecule has 0 N–H and O–H groups in total. The molecule has 0 spiro atoms. The van der Waals surface area contributed by atoms with Crippen molar-refractivity contribution >= 4 is 41.1 Å². The molecule has 2 nitrogen and oxygen atoms in total. The van der Waals surface area contributed by atoms with Crippen molar-refractivity contribution in [3.05, 3.63) is 122 Å². The van der Waals surface area contributed by atoms with Crippen LogP contribution in [-0.2, 0) is 0 Å². The first-order chi connectivity index (χ1) is 13.2. The first-order valence-corrected chi connectivity index (χ1v) is 18.5. The molecule has 0 atom stereocenters. The normalized spacial score (nSPS) is 9.85. The summed E-state index contributed by atoms with van der Waals surface area (Å²) >= 11 is -3.30. The standard InChI is InChI=1S/2C6H5.2C5H5N.2ClH.Sn/c4*1-2-4-6-5-3-1;;;/h4*1-5H;2*1H;/q;;;;;;+2/p-2. The molecule has 4 aromatic rings. The van der Waals surface area contributed by atoms with Crippen LogP contribution in [0.25, 0.3) is 0 Å². The zero-order chi connectivity index (χ0) is 19.2. The van der Waals surface area contributed by atoms with Crippen molar-refractivity contribution in [1.29, 1.82) is 0 Å². The number of hydrogen-bond acceptors (Lipinski definition) is 2. The van der Waals surface area contributed by atoms with Crippen molar-refractivity contribution in [1.82, 2.24) is 9.97 Å². The number of hydrogen-bond donors (Lipinski definition) is 0. The average molecular weight is 502 g/mol. The molecule has 0 radical (unpaired) electrons. The number of aromatic nitrogens is 2. The number of pyridine rings is 2. The quantitative estimate of drug-likeness (QED) is 0.366. The number of halogens is 2. The third kappa shape index (κ3) is 8.12. The monoisotopic (exact) mass is 502 g/mol. The van der Waals surface area contributed by atoms with E-state index in [2.05, 4.69) is 9.97 Å². The third-order valence-electron chi connectivity index (χ3n) is 3.41. The summed E-state index contributed by atoms with van der Waals surface area (Å²) in [4.78, 5) is 7.57. The zero-order valence-electron chi connectivity index (χ0n) is 14.7. The molecule has 0 saturated heterocycles. The topological polar surface area (TPSA) is 25.8 Å². The van der Waals surface area contributed by atoms with Crippen LogP contribution < -0.4 is 7.16 Å². The second-order valence-corrected chi connectivity index (χ2v) is 20.8. The molecule has 2 aromatic heterocycles. The smallest absolute Gasteiger partial charge is 0.0267 e. The maximum atomic E-state index is 6.56. The molecule has 4 rings (SSSR count). The summed E-state index contributed by atoms with van der Waals surface area (Å²) in [5.74, 6) is 0. The Kier molecular flexibility index (Phi) is 9.91. The Bertz CT molecular complexity index is 720. The van der Waals surface area contributed by atoms with Gasteiger partial charge in [-0.2, -0.15) is 0 Å². The fourth-order valence-corrected chi connectivity index (χ4v) is 9.91. The van der Waals surface area contributed by atoms with E-state index in [0.717, 1.165) is 7.16 Å². The van der Waals surface area contributed by atoms with Crippen LogP contribution in [0, 0.1) is 0 Å². The molecule has 0 bridgehead atoms. The summed E-state index contributed by atoms with van der Waals surface area (Å²) in [6, 6.07) is 31.4. The van der Waals surface area contributed by atoms with Crippen molar-refractivity contribution in [2.45, 2.75) is 0 Å². The molecular weight excluding hydrogens is 482 g/mol. The first kappa shape index (κ1) is 21.4. The average Bonchev–Trinajstić information content (AvgIpc) is 2.78. The zero-order valence-corrected chi connectivity index (χ0v) is 19.1. The van der Waals surface area contributed by atoms with Crippen molar-refractivity contribution < 1.29 is 0 Å². The van der Waals surface area contributed by atoms with Gasteiger partial charge >= 0.3 is 102 Å². The van der Waals surface area contributed by atoms with Crippen molar-refractivity contribution in [3.63, 3.8) is 0 Å². The van der Waals surface area contributed by atoms with Crippen LogP contribution in [0.15, 0.2) is 122 Å². The predicted molar refractivity (Wildman–Crippen MR) is 118 cm³/mol. The Morgan fingerprint density at radius 1 is 0.444 bits per heavy atom. The van der Waals surface area contributed by atoms with Gasteiger partial charge in [-0.05, 0) is 24.3 Å². The van der Waals surface area contributed by atoms with Crippen LogP contribution in [-0.4, -0.2) is 26.1 Å². The van der Waals surface area contributed by atoms with Crippen LogP contribution in [0.1, 0.15) is 0 Å². The molecule has 0 unspecified atom stereocenters. The van der Waals surface area contributed by atoms with Gasteiger partial charge < -0.3 is 0 Å². The number of benzene rings is 2. The SMILES string of the molecule is [Cl][Sn]([Cl])([c]1ccccc1)[c]1ccccc1.c1ccncc1.c1ccncc1. The molecular formula is C22H20Cl2N2Sn. The van der Waals surface area contributed by atoms with Crippen LogP contribution in [0.5, 0.6) is 0 Å². The Morgan fingerprint density at radius 2 is 0.741 bits per heavy atom. The summed E-state index contributed by atoms with van der Waals surface area (Å²) in [6.45, 7) is 0. The van der Waals surface area contributed by atoms with E-state index in [0.29, 0.717) is 0 Å². The van der Waals surface area contributed by atoms with Gasteiger partial charge in [-0.1, -0.05) is 12.1 Å². The van der Waals surface area contributed by atoms with Gasteiger partial charge in [-0.3, -0.25) is 9.97 Å². The Morgan fingerprint density at radius 3 is 0.963 bits per heavy atom. The first-order valence-electron chi connectivity index (χ1n) is 8.40. The van der Waals surface area contributed by atoms with E-state index in [1.165, 1.54) is 0 Å². The van der Waals surface area contributed by atoms with Gasteiger partial charge in [0.25, 0.3) is 0 Å². The fraction of sp³-hybridized carbons (Fsp3) is 0. The molecule has 0 amide bonds. The predicted octanol–water partition coefficient (Wildman–Crippen LogP) is 4.88. The molecule has 0 aliphatic heterocycles. The van der Waals surface area contributed by atoms with Gasteiger partial charge in [0.15, 0.2) is 0 Å². The summed E-state index contributed by atoms with van der Waals surface area (Å²) in [5, 5.41) is 0. The van der Waals surface area contributed by atoms with Crippen LogP contribution >= 0.6 is 17.8 Å². The van der Waals surface area contributed by atoms with E-state index in [4.69, 9.17) is 17.8 Å². The van der Waals surface area contributed by atoms with Gasteiger partial charge in [0.05, 0.1) is 0 Å². The molecule has 5 heteroatoms. The van der Waals surface area contributed by atoms with Crippen molar-refractivity contribution in [2.24, 2.45) is 0 Å². The van der Waals surface area contributed by atoms with E-state index in [9.17, 15) is 0 Å². The van der Waals surface area contributed by atoms with E-state index in [1.54, 1.807) is 24.8 Å². The summed E-state index contributed by atoms with van der Waals surface area (Å²) in [6.07, 6.45) is 7.00. The van der Waals surface area contributed by atoms with Crippen LogP contribution in [0.3, 0.4) is 0 Å². The molecule has 0 aliphatic carbocycles. The van der Waals surface area contributed by atoms with Gasteiger partial charge in [0, 0.05) is 24.8 Å². The molecule has 2 aromatic carbocycles. The second-order valence-electron chi connectivity index (χ2n) is 5.36. The van der Waals surface area contributed by atoms with Crippen LogP contribution in [0.2, 0.25) is 0 Å². The molecule has 136 valence electrons. The molecule has 2 heterocycles. The van der Waals surface area contributed by atoms with Crippen molar-refractivity contribution in [2.75, 3.05) is 0 Å². The molecule has 0 fully saturated rings.